The van der Waals surface area contributed by atoms with E-state index in [0.717, 1.165) is 0 Å². The van der Waals surface area contributed by atoms with Crippen LogP contribution in [-0.4, -0.2) is 61.3 Å². The Bertz CT molecular complexity index is 571. The topological polar surface area (TPSA) is 104 Å². The number of rotatable bonds is 11. The lowest BCUT2D eigenvalue weighted by atomic mass is 10.3. The summed E-state index contributed by atoms with van der Waals surface area (Å²) < 4.78 is 54.2. The fourth-order valence-corrected chi connectivity index (χ4v) is 6.58. The fourth-order valence-electron chi connectivity index (χ4n) is 1.86. The average Bonchev–Trinajstić information content (AvgIpc) is 2.50. The summed E-state index contributed by atoms with van der Waals surface area (Å²) in [6.07, 6.45) is -5.43. The quantitative estimate of drug-likeness (QED) is 0.269. The van der Waals surface area contributed by atoms with Crippen LogP contribution in [0.4, 0.5) is 13.2 Å². The summed E-state index contributed by atoms with van der Waals surface area (Å²) in [5.41, 5.74) is 0. The van der Waals surface area contributed by atoms with E-state index in [2.05, 4.69) is 4.74 Å². The molecule has 0 fully saturated rings. The number of halogens is 3. The standard InChI is InChI=1S/C15H27F3NO6PS2/c1-6-25-12(20)7-19(13(21)14(16,17)18)15(26(22,23)24,27-8-10(2)3)28-9-11(4)5/h10-11H,6-9H2,1-5H3,(H2,22,23,24). The Morgan fingerprint density at radius 1 is 1.07 bits per heavy atom. The zero-order chi connectivity index (χ0) is 22.3. The molecule has 0 aliphatic heterocycles. The maximum absolute atomic E-state index is 13.2. The second-order valence-corrected chi connectivity index (χ2v) is 11.7. The van der Waals surface area contributed by atoms with Crippen molar-refractivity contribution in [1.29, 1.82) is 0 Å². The lowest BCUT2D eigenvalue weighted by Gasteiger charge is -2.42. The Hall–Kier alpha value is -0.420. The molecule has 0 radical (unpaired) electrons. The molecule has 0 heterocycles. The molecular weight excluding hydrogens is 442 g/mol. The summed E-state index contributed by atoms with van der Waals surface area (Å²) in [4.78, 5) is 44.0. The van der Waals surface area contributed by atoms with Gasteiger partial charge in [0.2, 0.25) is 3.94 Å². The Kier molecular flexibility index (Phi) is 10.9. The van der Waals surface area contributed by atoms with E-state index in [1.54, 1.807) is 27.7 Å². The molecule has 0 aliphatic rings. The first-order chi connectivity index (χ1) is 12.6. The molecule has 0 unspecified atom stereocenters. The second-order valence-electron chi connectivity index (χ2n) is 6.70. The maximum Gasteiger partial charge on any atom is 0.471 e. The van der Waals surface area contributed by atoms with Crippen molar-refractivity contribution in [1.82, 2.24) is 4.90 Å². The maximum atomic E-state index is 13.2. The molecule has 0 aromatic rings. The van der Waals surface area contributed by atoms with Gasteiger partial charge in [-0.3, -0.25) is 19.1 Å². The highest BCUT2D eigenvalue weighted by molar-refractivity contribution is 8.24. The molecule has 0 bridgehead atoms. The molecule has 0 saturated heterocycles. The summed E-state index contributed by atoms with van der Waals surface area (Å²) >= 11 is 1.07. The van der Waals surface area contributed by atoms with E-state index in [1.165, 1.54) is 6.92 Å². The highest BCUT2D eigenvalue weighted by Gasteiger charge is 2.60. The lowest BCUT2D eigenvalue weighted by Crippen LogP contribution is -2.54. The number of alkyl halides is 3. The van der Waals surface area contributed by atoms with Crippen molar-refractivity contribution in [3.63, 3.8) is 0 Å². The predicted octanol–water partition coefficient (Wildman–Crippen LogP) is 3.51. The lowest BCUT2D eigenvalue weighted by molar-refractivity contribution is -0.187. The van der Waals surface area contributed by atoms with Crippen molar-refractivity contribution in [2.75, 3.05) is 24.7 Å². The summed E-state index contributed by atoms with van der Waals surface area (Å²) in [7, 11) is -5.35. The number of hydrogen-bond donors (Lipinski definition) is 2. The number of carbonyl (C=O) groups is 2. The summed E-state index contributed by atoms with van der Waals surface area (Å²) in [5, 5.41) is 0. The van der Waals surface area contributed by atoms with E-state index >= 15 is 0 Å². The Morgan fingerprint density at radius 3 is 1.79 bits per heavy atom. The van der Waals surface area contributed by atoms with Crippen LogP contribution in [-0.2, 0) is 18.9 Å². The zero-order valence-electron chi connectivity index (χ0n) is 16.4. The van der Waals surface area contributed by atoms with Gasteiger partial charge < -0.3 is 14.5 Å². The van der Waals surface area contributed by atoms with Crippen LogP contribution in [0, 0.1) is 11.8 Å². The summed E-state index contributed by atoms with van der Waals surface area (Å²) in [5.74, 6) is -3.85. The summed E-state index contributed by atoms with van der Waals surface area (Å²) in [6.45, 7) is 6.89. The molecule has 0 aromatic carbocycles. The van der Waals surface area contributed by atoms with Crippen LogP contribution in [0.1, 0.15) is 34.6 Å². The van der Waals surface area contributed by atoms with Gasteiger partial charge >= 0.3 is 25.6 Å². The van der Waals surface area contributed by atoms with Gasteiger partial charge in [-0.25, -0.2) is 0 Å². The van der Waals surface area contributed by atoms with Gasteiger partial charge in [0.05, 0.1) is 6.61 Å². The molecule has 1 amide bonds. The minimum Gasteiger partial charge on any atom is -0.465 e. The van der Waals surface area contributed by atoms with Crippen molar-refractivity contribution in [2.24, 2.45) is 11.8 Å². The van der Waals surface area contributed by atoms with Gasteiger partial charge in [-0.2, -0.15) is 13.2 Å². The molecule has 0 saturated carbocycles. The molecule has 0 rings (SSSR count). The Morgan fingerprint density at radius 2 is 1.50 bits per heavy atom. The van der Waals surface area contributed by atoms with Gasteiger partial charge in [-0.05, 0) is 30.3 Å². The van der Waals surface area contributed by atoms with Gasteiger partial charge in [0.25, 0.3) is 0 Å². The zero-order valence-corrected chi connectivity index (χ0v) is 18.9. The molecular formula is C15H27F3NO6PS2. The molecule has 0 aliphatic carbocycles. The minimum absolute atomic E-state index is 0.0562. The van der Waals surface area contributed by atoms with Crippen molar-refractivity contribution in [2.45, 2.75) is 44.7 Å². The van der Waals surface area contributed by atoms with E-state index in [1.807, 2.05) is 0 Å². The Balaban J connectivity index is 6.46. The number of esters is 1. The number of hydrogen-bond acceptors (Lipinski definition) is 6. The van der Waals surface area contributed by atoms with Crippen LogP contribution in [0.2, 0.25) is 0 Å². The highest BCUT2D eigenvalue weighted by atomic mass is 32.2. The van der Waals surface area contributed by atoms with E-state index in [0.29, 0.717) is 23.5 Å². The third-order valence-corrected chi connectivity index (χ3v) is 9.74. The van der Waals surface area contributed by atoms with E-state index in [4.69, 9.17) is 0 Å². The normalized spacial score (nSPS) is 13.1. The molecule has 0 atom stereocenters. The average molecular weight is 469 g/mol. The van der Waals surface area contributed by atoms with Gasteiger partial charge in [0, 0.05) is 0 Å². The highest BCUT2D eigenvalue weighted by Crippen LogP contribution is 2.65. The molecule has 13 heteroatoms. The molecule has 7 nitrogen and oxygen atoms in total. The van der Waals surface area contributed by atoms with E-state index < -0.39 is 36.1 Å². The van der Waals surface area contributed by atoms with Gasteiger partial charge in [-0.15, -0.1) is 23.5 Å². The van der Waals surface area contributed by atoms with Crippen molar-refractivity contribution < 1.29 is 41.8 Å². The van der Waals surface area contributed by atoms with Crippen LogP contribution >= 0.6 is 31.1 Å². The van der Waals surface area contributed by atoms with Gasteiger partial charge in [-0.1, -0.05) is 27.7 Å². The monoisotopic (exact) mass is 469 g/mol. The third kappa shape index (κ3) is 8.14. The van der Waals surface area contributed by atoms with Crippen molar-refractivity contribution in [3.8, 4) is 0 Å². The first kappa shape index (κ1) is 27.6. The van der Waals surface area contributed by atoms with Crippen LogP contribution in [0.5, 0.6) is 0 Å². The second kappa shape index (κ2) is 11.1. The SMILES string of the molecule is CCOC(=O)CN(C(=O)C(F)(F)F)C(SCC(C)C)(SCC(C)C)P(=O)(O)O. The summed E-state index contributed by atoms with van der Waals surface area (Å²) in [6, 6.07) is 0. The van der Waals surface area contributed by atoms with Crippen LogP contribution in [0.25, 0.3) is 0 Å². The van der Waals surface area contributed by atoms with Crippen LogP contribution in [0.3, 0.4) is 0 Å². The van der Waals surface area contributed by atoms with E-state index in [9.17, 15) is 37.1 Å². The van der Waals surface area contributed by atoms with Gasteiger partial charge in [0.15, 0.2) is 0 Å². The smallest absolute Gasteiger partial charge is 0.465 e. The molecule has 0 spiro atoms. The number of thioether (sulfide) groups is 2. The number of amides is 1. The molecule has 0 aromatic heterocycles. The first-order valence-corrected chi connectivity index (χ1v) is 12.0. The van der Waals surface area contributed by atoms with Crippen LogP contribution in [0.15, 0.2) is 0 Å². The fraction of sp³-hybridized carbons (Fsp3) is 0.867. The molecule has 2 N–H and O–H groups in total. The predicted molar refractivity (Wildman–Crippen MR) is 104 cm³/mol. The Labute approximate surface area is 171 Å². The van der Waals surface area contributed by atoms with Gasteiger partial charge in [0.1, 0.15) is 6.54 Å². The number of nitrogens with zero attached hydrogens (tertiary/aromatic N) is 1. The first-order valence-electron chi connectivity index (χ1n) is 8.46. The van der Waals surface area contributed by atoms with E-state index in [-0.39, 0.29) is 34.8 Å². The molecule has 28 heavy (non-hydrogen) atoms. The number of ether oxygens (including phenoxy) is 1. The van der Waals surface area contributed by atoms with Crippen LogP contribution < -0.4 is 0 Å². The minimum atomic E-state index is -5.43. The van der Waals surface area contributed by atoms with Crippen molar-refractivity contribution in [3.05, 3.63) is 0 Å². The number of carbonyl (C=O) groups excluding carboxylic acids is 2. The molecule has 166 valence electrons. The third-order valence-electron chi connectivity index (χ3n) is 3.00. The largest absolute Gasteiger partial charge is 0.471 e. The van der Waals surface area contributed by atoms with Crippen molar-refractivity contribution >= 4 is 43.0 Å².